The Balaban J connectivity index is 1.67. The van der Waals surface area contributed by atoms with Gasteiger partial charge in [0.1, 0.15) is 28.9 Å². The number of carbonyl (C=O) groups excluding carboxylic acids is 3. The van der Waals surface area contributed by atoms with Crippen LogP contribution in [0.25, 0.3) is 4.83 Å². The Bertz CT molecular complexity index is 2070. The molecule has 11 heteroatoms. The number of ketones is 1. The predicted molar refractivity (Wildman–Crippen MR) is 220 cm³/mol. The number of ether oxygens (including phenoxy) is 1. The fraction of sp³-hybridized carbons (Fsp3) is 0.310. The summed E-state index contributed by atoms with van der Waals surface area (Å²) in [5.41, 5.74) is 0.564. The molecule has 2 aromatic heterocycles. The third-order valence-corrected chi connectivity index (χ3v) is 20.5. The van der Waals surface area contributed by atoms with Crippen LogP contribution in [0.4, 0.5) is 0 Å². The van der Waals surface area contributed by atoms with Crippen molar-refractivity contribution < 1.29 is 23.5 Å². The van der Waals surface area contributed by atoms with Gasteiger partial charge >= 0.3 is 5.97 Å². The fourth-order valence-corrected chi connectivity index (χ4v) is 13.8. The molecule has 0 saturated carbocycles. The fourth-order valence-electron chi connectivity index (χ4n) is 7.14. The van der Waals surface area contributed by atoms with E-state index in [1.165, 1.54) is 17.4 Å². The van der Waals surface area contributed by atoms with Crippen LogP contribution in [0.5, 0.6) is 0 Å². The number of nitrogens with zero attached hydrogens (tertiary/aromatic N) is 3. The van der Waals surface area contributed by atoms with Crippen LogP contribution in [0.2, 0.25) is 18.1 Å². The van der Waals surface area contributed by atoms with Crippen molar-refractivity contribution in [1.29, 1.82) is 0 Å². The average molecular weight is 766 g/mol. The first-order valence-corrected chi connectivity index (χ1v) is 23.5. The number of hydrogen-bond donors (Lipinski definition) is 0. The summed E-state index contributed by atoms with van der Waals surface area (Å²) in [5.74, 6) is -2.58. The molecule has 1 fully saturated rings. The molecule has 276 valence electrons. The van der Waals surface area contributed by atoms with Gasteiger partial charge in [-0.05, 0) is 41.0 Å². The molecule has 1 amide bonds. The maximum atomic E-state index is 15.2. The predicted octanol–water partition coefficient (Wildman–Crippen LogP) is 7.31. The molecule has 0 aliphatic carbocycles. The van der Waals surface area contributed by atoms with Crippen LogP contribution in [0, 0.1) is 11.8 Å². The van der Waals surface area contributed by atoms with Crippen molar-refractivity contribution in [2.45, 2.75) is 64.9 Å². The molecule has 4 atom stereocenters. The number of β-lactam (4-membered cyclic amide) rings is 1. The van der Waals surface area contributed by atoms with E-state index in [9.17, 15) is 9.59 Å². The van der Waals surface area contributed by atoms with Crippen molar-refractivity contribution >= 4 is 70.4 Å². The van der Waals surface area contributed by atoms with E-state index in [4.69, 9.17) is 9.16 Å². The molecule has 3 aromatic carbocycles. The lowest BCUT2D eigenvalue weighted by atomic mass is 9.74. The largest absolute Gasteiger partial charge is 0.457 e. The first-order valence-electron chi connectivity index (χ1n) is 17.9. The van der Waals surface area contributed by atoms with E-state index >= 15 is 4.79 Å². The molecule has 0 radical (unpaired) electrons. The van der Waals surface area contributed by atoms with Gasteiger partial charge in [-0.15, -0.1) is 11.3 Å². The Hall–Kier alpha value is -4.34. The monoisotopic (exact) mass is 765 g/mol. The number of amides is 1. The van der Waals surface area contributed by atoms with Gasteiger partial charge < -0.3 is 14.1 Å². The summed E-state index contributed by atoms with van der Waals surface area (Å²) in [6.45, 7) is 15.1. The van der Waals surface area contributed by atoms with Gasteiger partial charge in [0.05, 0.1) is 18.1 Å². The molecule has 0 bridgehead atoms. The highest BCUT2D eigenvalue weighted by Gasteiger charge is 2.59. The summed E-state index contributed by atoms with van der Waals surface area (Å²) >= 11 is 1.44. The standard InChI is InChI=1S/C42H48N3O5PSSi/c1-9-26-49-41(48)39(51(31-19-13-10-14-20-31,32-21-15-11-16-22-32)33-23-17-12-18-24-33)45-36(29(2)37(46)35-40-44(28-43-35)25-27-52-40)34(38(45)47)30(3)50-53(7,8)42(4,5)6/h9-25,27-30,34,36H,1,26H2,2-8H3/t29-,30-,34-,36-/m1/s1. The lowest BCUT2D eigenvalue weighted by molar-refractivity contribution is -0.158. The van der Waals surface area contributed by atoms with E-state index in [1.807, 2.05) is 121 Å². The van der Waals surface area contributed by atoms with Crippen molar-refractivity contribution in [3.8, 4) is 0 Å². The maximum Gasteiger partial charge on any atom is 0.356 e. The number of thiazole rings is 1. The molecule has 0 N–H and O–H groups in total. The van der Waals surface area contributed by atoms with Gasteiger partial charge in [-0.1, -0.05) is 131 Å². The van der Waals surface area contributed by atoms with Crippen LogP contribution in [-0.2, 0) is 18.8 Å². The number of rotatable bonds is 13. The minimum atomic E-state index is -3.19. The van der Waals surface area contributed by atoms with Crippen LogP contribution in [0.1, 0.15) is 45.1 Å². The Kier molecular flexibility index (Phi) is 11.0. The minimum Gasteiger partial charge on any atom is -0.457 e. The number of hydrogen-bond acceptors (Lipinski definition) is 7. The molecule has 3 heterocycles. The quantitative estimate of drug-likeness (QED) is 0.0312. The summed E-state index contributed by atoms with van der Waals surface area (Å²) in [6.07, 6.45) is 4.49. The van der Waals surface area contributed by atoms with Gasteiger partial charge in [0, 0.05) is 24.4 Å². The second-order valence-electron chi connectivity index (χ2n) is 15.1. The topological polar surface area (TPSA) is 90.2 Å². The molecule has 8 nitrogen and oxygen atoms in total. The molecule has 5 aromatic rings. The zero-order valence-electron chi connectivity index (χ0n) is 31.4. The zero-order chi connectivity index (χ0) is 38.1. The van der Waals surface area contributed by atoms with Gasteiger partial charge in [0.2, 0.25) is 5.91 Å². The summed E-state index contributed by atoms with van der Waals surface area (Å²) in [6, 6.07) is 28.9. The van der Waals surface area contributed by atoms with Crippen molar-refractivity contribution in [1.82, 2.24) is 14.3 Å². The Morgan fingerprint density at radius 2 is 1.47 bits per heavy atom. The molecule has 53 heavy (non-hydrogen) atoms. The van der Waals surface area contributed by atoms with Crippen molar-refractivity contribution in [2.24, 2.45) is 11.8 Å². The van der Waals surface area contributed by atoms with Gasteiger partial charge in [-0.3, -0.25) is 14.0 Å². The SMILES string of the molecule is C=CCOC(=O)C(N1C(=O)[C@H]([C@@H](C)O[Si](C)(C)C(C)(C)C)[C@H]1[C@@H](C)C(=O)c1ncn2ccsc12)=P(c1ccccc1)(c1ccccc1)c1ccccc1. The third-order valence-electron chi connectivity index (χ3n) is 10.8. The lowest BCUT2D eigenvalue weighted by Crippen LogP contribution is -2.71. The highest BCUT2D eigenvalue weighted by atomic mass is 32.1. The Labute approximate surface area is 317 Å². The molecular formula is C42H48N3O5PSSi. The van der Waals surface area contributed by atoms with Gasteiger partial charge in [-0.2, -0.15) is 0 Å². The Morgan fingerprint density at radius 3 is 1.96 bits per heavy atom. The van der Waals surface area contributed by atoms with E-state index in [1.54, 1.807) is 11.2 Å². The molecule has 1 aliphatic rings. The van der Waals surface area contributed by atoms with E-state index in [0.717, 1.165) is 20.7 Å². The molecule has 1 saturated heterocycles. The van der Waals surface area contributed by atoms with Crippen LogP contribution >= 0.6 is 18.2 Å². The molecule has 0 spiro atoms. The number of Topliss-reactive ketones (excluding diaryl/α,β-unsaturated/α-hetero) is 1. The highest BCUT2D eigenvalue weighted by molar-refractivity contribution is 7.96. The van der Waals surface area contributed by atoms with E-state index in [0.29, 0.717) is 5.69 Å². The first-order chi connectivity index (χ1) is 25.3. The highest BCUT2D eigenvalue weighted by Crippen LogP contribution is 2.51. The number of fused-ring (bicyclic) bond motifs is 1. The van der Waals surface area contributed by atoms with Gasteiger partial charge in [0.15, 0.2) is 14.1 Å². The van der Waals surface area contributed by atoms with Crippen molar-refractivity contribution in [3.63, 3.8) is 0 Å². The van der Waals surface area contributed by atoms with E-state index in [2.05, 4.69) is 45.4 Å². The smallest absolute Gasteiger partial charge is 0.356 e. The third kappa shape index (κ3) is 6.82. The molecule has 1 aliphatic heterocycles. The first kappa shape index (κ1) is 38.4. The second kappa shape index (κ2) is 15.2. The van der Waals surface area contributed by atoms with Crippen LogP contribution < -0.4 is 15.9 Å². The summed E-state index contributed by atoms with van der Waals surface area (Å²) < 4.78 is 14.7. The minimum absolute atomic E-state index is 0.0543. The lowest BCUT2D eigenvalue weighted by Gasteiger charge is -2.54. The van der Waals surface area contributed by atoms with Crippen LogP contribution in [0.15, 0.2) is 122 Å². The summed E-state index contributed by atoms with van der Waals surface area (Å²) in [5, 5.41) is 4.41. The van der Waals surface area contributed by atoms with E-state index < -0.39 is 45.2 Å². The van der Waals surface area contributed by atoms with Gasteiger partial charge in [0.25, 0.3) is 0 Å². The molecule has 0 unspecified atom stereocenters. The number of aromatic nitrogens is 2. The second-order valence-corrected chi connectivity index (χ2v) is 24.0. The summed E-state index contributed by atoms with van der Waals surface area (Å²) in [7, 11) is -2.37. The number of likely N-dealkylation sites (tertiary alicyclic amines) is 1. The normalized spacial score (nSPS) is 17.6. The number of carbonyl (C=O) groups is 3. The molecule has 6 rings (SSSR count). The van der Waals surface area contributed by atoms with Crippen LogP contribution in [-0.4, -0.2) is 64.4 Å². The average Bonchev–Trinajstić information content (AvgIpc) is 3.77. The van der Waals surface area contributed by atoms with Crippen molar-refractivity contribution in [2.75, 3.05) is 6.61 Å². The number of imidazole rings is 1. The number of esters is 1. The zero-order valence-corrected chi connectivity index (χ0v) is 34.1. The molecular weight excluding hydrogens is 718 g/mol. The van der Waals surface area contributed by atoms with Crippen molar-refractivity contribution in [3.05, 3.63) is 127 Å². The van der Waals surface area contributed by atoms with Crippen LogP contribution in [0.3, 0.4) is 0 Å². The number of benzene rings is 3. The van der Waals surface area contributed by atoms with Gasteiger partial charge in [-0.25, -0.2) is 9.78 Å². The maximum absolute atomic E-state index is 15.2. The van der Waals surface area contributed by atoms with E-state index in [-0.39, 0.29) is 28.8 Å². The Morgan fingerprint density at radius 1 is 0.943 bits per heavy atom. The summed E-state index contributed by atoms with van der Waals surface area (Å²) in [4.78, 5) is 51.7.